The molecule has 6 nitrogen and oxygen atoms in total. The Kier molecular flexibility index (Phi) is 3.37. The standard InChI is InChI=1S/C16H22N4O2S/c1-16(2)6-5-11-13(16)17-14(23-11)18-15(22)20-8-12(21)19(9-20)7-10-3-4-10/h10H,3-9H2,1-2H3,(H,17,18,22). The first kappa shape index (κ1) is 14.9. The number of carbonyl (C=O) groups is 2. The molecular formula is C16H22N4O2S. The molecule has 2 fully saturated rings. The summed E-state index contributed by atoms with van der Waals surface area (Å²) in [5.41, 5.74) is 1.21. The van der Waals surface area contributed by atoms with Gasteiger partial charge in [0.25, 0.3) is 0 Å². The molecular weight excluding hydrogens is 312 g/mol. The van der Waals surface area contributed by atoms with Crippen LogP contribution in [0.2, 0.25) is 0 Å². The van der Waals surface area contributed by atoms with Crippen LogP contribution in [-0.4, -0.2) is 46.5 Å². The van der Waals surface area contributed by atoms with E-state index in [1.807, 2.05) is 0 Å². The maximum absolute atomic E-state index is 12.4. The largest absolute Gasteiger partial charge is 0.325 e. The lowest BCUT2D eigenvalue weighted by Gasteiger charge is -2.18. The number of anilines is 1. The van der Waals surface area contributed by atoms with E-state index in [0.717, 1.165) is 25.1 Å². The van der Waals surface area contributed by atoms with Gasteiger partial charge in [0.05, 0.1) is 12.4 Å². The van der Waals surface area contributed by atoms with Crippen molar-refractivity contribution in [3.63, 3.8) is 0 Å². The van der Waals surface area contributed by atoms with E-state index in [9.17, 15) is 9.59 Å². The van der Waals surface area contributed by atoms with Crippen molar-refractivity contribution >= 4 is 28.4 Å². The van der Waals surface area contributed by atoms with Crippen molar-refractivity contribution in [1.82, 2.24) is 14.8 Å². The van der Waals surface area contributed by atoms with Gasteiger partial charge in [-0.2, -0.15) is 0 Å². The molecule has 4 rings (SSSR count). The van der Waals surface area contributed by atoms with Gasteiger partial charge in [-0.05, 0) is 31.6 Å². The van der Waals surface area contributed by atoms with Gasteiger partial charge in [-0.1, -0.05) is 13.8 Å². The summed E-state index contributed by atoms with van der Waals surface area (Å²) in [4.78, 5) is 33.6. The van der Waals surface area contributed by atoms with Crippen LogP contribution in [0.15, 0.2) is 0 Å². The minimum atomic E-state index is -0.220. The van der Waals surface area contributed by atoms with Gasteiger partial charge in [-0.15, -0.1) is 11.3 Å². The Balaban J connectivity index is 1.40. The number of rotatable bonds is 3. The molecule has 1 saturated heterocycles. The quantitative estimate of drug-likeness (QED) is 0.923. The molecule has 0 unspecified atom stereocenters. The van der Waals surface area contributed by atoms with Gasteiger partial charge < -0.3 is 4.90 Å². The van der Waals surface area contributed by atoms with Crippen molar-refractivity contribution in [2.24, 2.45) is 5.92 Å². The van der Waals surface area contributed by atoms with Crippen LogP contribution in [0.1, 0.15) is 43.7 Å². The van der Waals surface area contributed by atoms with Gasteiger partial charge in [0.1, 0.15) is 6.54 Å². The average molecular weight is 334 g/mol. The average Bonchev–Trinajstić information content (AvgIpc) is 2.98. The normalized spacial score (nSPS) is 22.6. The van der Waals surface area contributed by atoms with Crippen molar-refractivity contribution < 1.29 is 9.59 Å². The van der Waals surface area contributed by atoms with Gasteiger partial charge in [-0.25, -0.2) is 9.78 Å². The van der Waals surface area contributed by atoms with E-state index in [1.54, 1.807) is 21.1 Å². The Morgan fingerprint density at radius 3 is 2.91 bits per heavy atom. The molecule has 7 heteroatoms. The lowest BCUT2D eigenvalue weighted by Crippen LogP contribution is -2.35. The number of carbonyl (C=O) groups excluding carboxylic acids is 2. The summed E-state index contributed by atoms with van der Waals surface area (Å²) in [6.45, 7) is 5.76. The smallest absolute Gasteiger partial charge is 0.323 e. The minimum Gasteiger partial charge on any atom is -0.323 e. The van der Waals surface area contributed by atoms with Gasteiger partial charge in [0.2, 0.25) is 5.91 Å². The molecule has 2 heterocycles. The third kappa shape index (κ3) is 2.82. The number of thiazole rings is 1. The Morgan fingerprint density at radius 2 is 2.22 bits per heavy atom. The maximum Gasteiger partial charge on any atom is 0.325 e. The number of hydrogen-bond donors (Lipinski definition) is 1. The molecule has 2 aliphatic carbocycles. The van der Waals surface area contributed by atoms with E-state index in [-0.39, 0.29) is 23.9 Å². The topological polar surface area (TPSA) is 65.5 Å². The first-order chi connectivity index (χ1) is 10.9. The molecule has 3 aliphatic rings. The van der Waals surface area contributed by atoms with Crippen LogP contribution in [0, 0.1) is 5.92 Å². The first-order valence-electron chi connectivity index (χ1n) is 8.26. The molecule has 0 aromatic carbocycles. The molecule has 0 spiro atoms. The zero-order chi connectivity index (χ0) is 16.2. The van der Waals surface area contributed by atoms with E-state index >= 15 is 0 Å². The molecule has 1 aliphatic heterocycles. The van der Waals surface area contributed by atoms with Crippen LogP contribution in [0.4, 0.5) is 9.93 Å². The zero-order valence-corrected chi connectivity index (χ0v) is 14.4. The molecule has 124 valence electrons. The lowest BCUT2D eigenvalue weighted by molar-refractivity contribution is -0.126. The van der Waals surface area contributed by atoms with Gasteiger partial charge in [-0.3, -0.25) is 15.0 Å². The SMILES string of the molecule is CC1(C)CCc2sc(NC(=O)N3CC(=O)N(CC4CC4)C3)nc21. The monoisotopic (exact) mass is 334 g/mol. The van der Waals surface area contributed by atoms with Crippen LogP contribution in [-0.2, 0) is 16.6 Å². The zero-order valence-electron chi connectivity index (χ0n) is 13.6. The fraction of sp³-hybridized carbons (Fsp3) is 0.688. The van der Waals surface area contributed by atoms with Crippen molar-refractivity contribution in [2.45, 2.75) is 44.9 Å². The fourth-order valence-corrected chi connectivity index (χ4v) is 4.46. The number of fused-ring (bicyclic) bond motifs is 1. The van der Waals surface area contributed by atoms with Crippen molar-refractivity contribution in [3.05, 3.63) is 10.6 Å². The first-order valence-corrected chi connectivity index (χ1v) is 9.08. The highest BCUT2D eigenvalue weighted by Gasteiger charge is 2.36. The third-order valence-corrected chi connectivity index (χ3v) is 6.04. The van der Waals surface area contributed by atoms with Gasteiger partial charge >= 0.3 is 6.03 Å². The van der Waals surface area contributed by atoms with Crippen LogP contribution < -0.4 is 5.32 Å². The molecule has 1 N–H and O–H groups in total. The Bertz CT molecular complexity index is 665. The Labute approximate surface area is 139 Å². The molecule has 23 heavy (non-hydrogen) atoms. The van der Waals surface area contributed by atoms with Crippen LogP contribution in [0.5, 0.6) is 0 Å². The molecule has 3 amide bonds. The number of urea groups is 1. The number of amides is 3. The van der Waals surface area contributed by atoms with Crippen LogP contribution in [0.3, 0.4) is 0 Å². The predicted octanol–water partition coefficient (Wildman–Crippen LogP) is 2.41. The number of nitrogens with one attached hydrogen (secondary N) is 1. The Morgan fingerprint density at radius 1 is 1.43 bits per heavy atom. The highest BCUT2D eigenvalue weighted by Crippen LogP contribution is 2.42. The summed E-state index contributed by atoms with van der Waals surface area (Å²) in [5.74, 6) is 0.695. The molecule has 0 bridgehead atoms. The highest BCUT2D eigenvalue weighted by atomic mass is 32.1. The summed E-state index contributed by atoms with van der Waals surface area (Å²) < 4.78 is 0. The van der Waals surface area contributed by atoms with Crippen molar-refractivity contribution in [1.29, 1.82) is 0 Å². The predicted molar refractivity (Wildman–Crippen MR) is 88.5 cm³/mol. The van der Waals surface area contributed by atoms with Crippen molar-refractivity contribution in [3.8, 4) is 0 Å². The fourth-order valence-electron chi connectivity index (χ4n) is 3.32. The lowest BCUT2D eigenvalue weighted by atomic mass is 9.91. The van der Waals surface area contributed by atoms with Crippen LogP contribution in [0.25, 0.3) is 0 Å². The van der Waals surface area contributed by atoms with E-state index in [1.165, 1.54) is 17.7 Å². The van der Waals surface area contributed by atoms with E-state index in [4.69, 9.17) is 0 Å². The summed E-state index contributed by atoms with van der Waals surface area (Å²) in [6.07, 6.45) is 4.56. The van der Waals surface area contributed by atoms with Crippen molar-refractivity contribution in [2.75, 3.05) is 25.1 Å². The molecule has 0 atom stereocenters. The van der Waals surface area contributed by atoms with E-state index in [0.29, 0.717) is 17.7 Å². The van der Waals surface area contributed by atoms with E-state index < -0.39 is 0 Å². The summed E-state index contributed by atoms with van der Waals surface area (Å²) in [6, 6.07) is -0.220. The van der Waals surface area contributed by atoms with Gasteiger partial charge in [0, 0.05) is 16.8 Å². The summed E-state index contributed by atoms with van der Waals surface area (Å²) in [5, 5.41) is 3.53. The number of aromatic nitrogens is 1. The molecule has 1 aromatic rings. The van der Waals surface area contributed by atoms with Crippen LogP contribution >= 0.6 is 11.3 Å². The molecule has 1 aromatic heterocycles. The Hall–Kier alpha value is -1.63. The summed E-state index contributed by atoms with van der Waals surface area (Å²) >= 11 is 1.57. The number of hydrogen-bond acceptors (Lipinski definition) is 4. The second-order valence-electron chi connectivity index (χ2n) is 7.50. The highest BCUT2D eigenvalue weighted by molar-refractivity contribution is 7.16. The summed E-state index contributed by atoms with van der Waals surface area (Å²) in [7, 11) is 0. The second-order valence-corrected chi connectivity index (χ2v) is 8.59. The molecule has 0 radical (unpaired) electrons. The third-order valence-electron chi connectivity index (χ3n) is 5.01. The molecule has 1 saturated carbocycles. The van der Waals surface area contributed by atoms with E-state index in [2.05, 4.69) is 24.1 Å². The number of nitrogens with zero attached hydrogens (tertiary/aromatic N) is 3. The second kappa shape index (κ2) is 5.19. The number of aryl methyl sites for hydroxylation is 1. The minimum absolute atomic E-state index is 0.0508. The van der Waals surface area contributed by atoms with Gasteiger partial charge in [0.15, 0.2) is 5.13 Å². The maximum atomic E-state index is 12.4.